The minimum absolute atomic E-state index is 0.0346. The average Bonchev–Trinajstić information content (AvgIpc) is 2.91. The monoisotopic (exact) mass is 473 g/mol. The number of fused-ring (bicyclic) bond motifs is 1. The normalized spacial score (nSPS) is 16.9. The molecule has 10 nitrogen and oxygen atoms in total. The van der Waals surface area contributed by atoms with Crippen molar-refractivity contribution in [3.63, 3.8) is 0 Å². The fraction of sp³-hybridized carbons (Fsp3) is 0.583. The van der Waals surface area contributed by atoms with Gasteiger partial charge in [0.25, 0.3) is 0 Å². The van der Waals surface area contributed by atoms with Gasteiger partial charge < -0.3 is 19.9 Å². The van der Waals surface area contributed by atoms with E-state index in [1.807, 2.05) is 31.7 Å². The van der Waals surface area contributed by atoms with Gasteiger partial charge in [-0.15, -0.1) is 0 Å². The van der Waals surface area contributed by atoms with Gasteiger partial charge in [0.05, 0.1) is 31.8 Å². The van der Waals surface area contributed by atoms with E-state index in [0.29, 0.717) is 44.2 Å². The maximum atomic E-state index is 12.9. The number of carbonyl (C=O) groups excluding carboxylic acids is 4. The molecule has 0 spiro atoms. The number of para-hydroxylation sites is 2. The predicted molar refractivity (Wildman–Crippen MR) is 127 cm³/mol. The molecule has 10 heteroatoms. The smallest absolute Gasteiger partial charge is 0.242 e. The molecule has 0 radical (unpaired) electrons. The van der Waals surface area contributed by atoms with Crippen LogP contribution in [0.15, 0.2) is 24.3 Å². The standard InChI is InChI=1S/C24H35N5O5/c1-24(2,3)25-20(30)15-27-10-12-28(13-11-27)23(33)16-26(4)22(32)17-29-18-7-5-6-8-19(18)34-14-9-21(29)31/h5-8H,9-17H2,1-4H3,(H,25,30). The van der Waals surface area contributed by atoms with Crippen molar-refractivity contribution in [3.8, 4) is 5.75 Å². The van der Waals surface area contributed by atoms with Crippen LogP contribution in [0.25, 0.3) is 0 Å². The molecule has 1 aromatic carbocycles. The van der Waals surface area contributed by atoms with Crippen LogP contribution in [0.3, 0.4) is 0 Å². The van der Waals surface area contributed by atoms with Crippen LogP contribution in [-0.2, 0) is 19.2 Å². The molecule has 0 unspecified atom stereocenters. The van der Waals surface area contributed by atoms with Gasteiger partial charge in [-0.2, -0.15) is 0 Å². The molecule has 0 aromatic heterocycles. The lowest BCUT2D eigenvalue weighted by Crippen LogP contribution is -2.54. The zero-order valence-electron chi connectivity index (χ0n) is 20.5. The number of anilines is 1. The highest BCUT2D eigenvalue weighted by Crippen LogP contribution is 2.30. The maximum absolute atomic E-state index is 12.9. The molecular weight excluding hydrogens is 438 g/mol. The van der Waals surface area contributed by atoms with Crippen LogP contribution >= 0.6 is 0 Å². The number of nitrogens with zero attached hydrogens (tertiary/aromatic N) is 4. The minimum Gasteiger partial charge on any atom is -0.491 e. The lowest BCUT2D eigenvalue weighted by molar-refractivity contribution is -0.140. The number of benzene rings is 1. The first-order valence-corrected chi connectivity index (χ1v) is 11.6. The highest BCUT2D eigenvalue weighted by atomic mass is 16.5. The van der Waals surface area contributed by atoms with Crippen molar-refractivity contribution in [2.75, 3.05) is 64.4 Å². The first-order chi connectivity index (χ1) is 16.0. The van der Waals surface area contributed by atoms with Crippen LogP contribution in [0.5, 0.6) is 5.75 Å². The molecular formula is C24H35N5O5. The quantitative estimate of drug-likeness (QED) is 0.639. The summed E-state index contributed by atoms with van der Waals surface area (Å²) in [4.78, 5) is 56.8. The molecule has 1 saturated heterocycles. The molecule has 4 amide bonds. The van der Waals surface area contributed by atoms with E-state index in [1.54, 1.807) is 30.1 Å². The fourth-order valence-corrected chi connectivity index (χ4v) is 3.96. The van der Waals surface area contributed by atoms with Gasteiger partial charge in [0.2, 0.25) is 23.6 Å². The molecule has 0 bridgehead atoms. The Morgan fingerprint density at radius 2 is 1.74 bits per heavy atom. The zero-order chi connectivity index (χ0) is 24.9. The van der Waals surface area contributed by atoms with Gasteiger partial charge in [-0.3, -0.25) is 29.0 Å². The molecule has 0 saturated carbocycles. The molecule has 34 heavy (non-hydrogen) atoms. The Hall–Kier alpha value is -3.14. The van der Waals surface area contributed by atoms with E-state index in [9.17, 15) is 19.2 Å². The van der Waals surface area contributed by atoms with Crippen LogP contribution in [0.1, 0.15) is 27.2 Å². The summed E-state index contributed by atoms with van der Waals surface area (Å²) in [5.41, 5.74) is 0.281. The molecule has 1 aromatic rings. The van der Waals surface area contributed by atoms with E-state index >= 15 is 0 Å². The number of hydrogen-bond acceptors (Lipinski definition) is 6. The summed E-state index contributed by atoms with van der Waals surface area (Å²) < 4.78 is 5.61. The van der Waals surface area contributed by atoms with E-state index in [-0.39, 0.29) is 55.3 Å². The second-order valence-electron chi connectivity index (χ2n) is 9.75. The number of piperazine rings is 1. The highest BCUT2D eigenvalue weighted by molar-refractivity contribution is 6.00. The summed E-state index contributed by atoms with van der Waals surface area (Å²) in [7, 11) is 1.57. The van der Waals surface area contributed by atoms with E-state index in [1.165, 1.54) is 9.80 Å². The van der Waals surface area contributed by atoms with Gasteiger partial charge >= 0.3 is 0 Å². The first kappa shape index (κ1) is 25.5. The lowest BCUT2D eigenvalue weighted by atomic mass is 10.1. The fourth-order valence-electron chi connectivity index (χ4n) is 3.96. The maximum Gasteiger partial charge on any atom is 0.242 e. The zero-order valence-corrected chi connectivity index (χ0v) is 20.5. The van der Waals surface area contributed by atoms with Gasteiger partial charge in [-0.1, -0.05) is 12.1 Å². The summed E-state index contributed by atoms with van der Waals surface area (Å²) in [6.45, 7) is 8.35. The van der Waals surface area contributed by atoms with Crippen molar-refractivity contribution >= 4 is 29.3 Å². The SMILES string of the molecule is CN(CC(=O)N1CCN(CC(=O)NC(C)(C)C)CC1)C(=O)CN1C(=O)CCOc2ccccc21. The Labute approximate surface area is 200 Å². The molecule has 186 valence electrons. The van der Waals surface area contributed by atoms with Gasteiger partial charge in [-0.05, 0) is 32.9 Å². The molecule has 2 aliphatic heterocycles. The predicted octanol–water partition coefficient (Wildman–Crippen LogP) is 0.319. The van der Waals surface area contributed by atoms with Crippen molar-refractivity contribution in [2.45, 2.75) is 32.7 Å². The number of likely N-dealkylation sites (N-methyl/N-ethyl adjacent to an activating group) is 1. The van der Waals surface area contributed by atoms with Crippen molar-refractivity contribution in [1.29, 1.82) is 0 Å². The van der Waals surface area contributed by atoms with Crippen molar-refractivity contribution in [3.05, 3.63) is 24.3 Å². The summed E-state index contributed by atoms with van der Waals surface area (Å²) in [5, 5.41) is 2.94. The van der Waals surface area contributed by atoms with E-state index in [4.69, 9.17) is 4.74 Å². The summed E-state index contributed by atoms with van der Waals surface area (Å²) >= 11 is 0. The number of nitrogens with one attached hydrogen (secondary N) is 1. The largest absolute Gasteiger partial charge is 0.491 e. The lowest BCUT2D eigenvalue weighted by Gasteiger charge is -2.35. The molecule has 1 N–H and O–H groups in total. The summed E-state index contributed by atoms with van der Waals surface area (Å²) in [6.07, 6.45) is 0.183. The van der Waals surface area contributed by atoms with Gasteiger partial charge in [0.1, 0.15) is 12.3 Å². The number of amides is 4. The molecule has 2 aliphatic rings. The Morgan fingerprint density at radius 1 is 1.06 bits per heavy atom. The Bertz CT molecular complexity index is 921. The van der Waals surface area contributed by atoms with E-state index in [0.717, 1.165) is 0 Å². The van der Waals surface area contributed by atoms with Crippen LogP contribution in [-0.4, -0.2) is 103 Å². The van der Waals surface area contributed by atoms with E-state index < -0.39 is 0 Å². The number of ether oxygens (including phenoxy) is 1. The molecule has 0 atom stereocenters. The molecule has 0 aliphatic carbocycles. The molecule has 3 rings (SSSR count). The highest BCUT2D eigenvalue weighted by Gasteiger charge is 2.28. The van der Waals surface area contributed by atoms with Crippen LogP contribution in [0, 0.1) is 0 Å². The molecule has 2 heterocycles. The third-order valence-corrected chi connectivity index (χ3v) is 5.73. The number of rotatable bonds is 6. The van der Waals surface area contributed by atoms with Gasteiger partial charge in [0, 0.05) is 38.8 Å². The minimum atomic E-state index is -0.323. The summed E-state index contributed by atoms with van der Waals surface area (Å²) in [5.74, 6) is -0.136. The third-order valence-electron chi connectivity index (χ3n) is 5.73. The third kappa shape index (κ3) is 6.93. The van der Waals surface area contributed by atoms with Crippen LogP contribution in [0.4, 0.5) is 5.69 Å². The second-order valence-corrected chi connectivity index (χ2v) is 9.75. The van der Waals surface area contributed by atoms with Gasteiger partial charge in [-0.25, -0.2) is 0 Å². The number of hydrogen-bond donors (Lipinski definition) is 1. The number of carbonyl (C=O) groups is 4. The Kier molecular flexibility index (Phi) is 8.14. The van der Waals surface area contributed by atoms with Crippen LogP contribution < -0.4 is 15.0 Å². The second kappa shape index (κ2) is 10.9. The first-order valence-electron chi connectivity index (χ1n) is 11.6. The van der Waals surface area contributed by atoms with Crippen molar-refractivity contribution in [2.24, 2.45) is 0 Å². The van der Waals surface area contributed by atoms with E-state index in [2.05, 4.69) is 5.32 Å². The average molecular weight is 474 g/mol. The summed E-state index contributed by atoms with van der Waals surface area (Å²) in [6, 6.07) is 7.12. The van der Waals surface area contributed by atoms with Crippen molar-refractivity contribution in [1.82, 2.24) is 20.0 Å². The molecule has 1 fully saturated rings. The topological polar surface area (TPSA) is 103 Å². The van der Waals surface area contributed by atoms with Crippen molar-refractivity contribution < 1.29 is 23.9 Å². The van der Waals surface area contributed by atoms with Crippen LogP contribution in [0.2, 0.25) is 0 Å². The Balaban J connectivity index is 1.49. The Morgan fingerprint density at radius 3 is 2.41 bits per heavy atom. The van der Waals surface area contributed by atoms with Gasteiger partial charge in [0.15, 0.2) is 0 Å².